The first kappa shape index (κ1) is 12.8. The third-order valence-corrected chi connectivity index (χ3v) is 2.09. The highest BCUT2D eigenvalue weighted by Gasteiger charge is 2.34. The predicted molar refractivity (Wildman–Crippen MR) is 52.6 cm³/mol. The third-order valence-electron chi connectivity index (χ3n) is 1.95. The monoisotopic (exact) mass is 252 g/mol. The molecule has 0 amide bonds. The van der Waals surface area contributed by atoms with Gasteiger partial charge in [-0.1, -0.05) is 6.07 Å². The summed E-state index contributed by atoms with van der Waals surface area (Å²) in [6, 6.07) is 3.38. The van der Waals surface area contributed by atoms with Gasteiger partial charge in [-0.25, -0.2) is 0 Å². The Morgan fingerprint density at radius 1 is 1.44 bits per heavy atom. The van der Waals surface area contributed by atoms with Crippen LogP contribution in [0.3, 0.4) is 0 Å². The summed E-state index contributed by atoms with van der Waals surface area (Å²) < 4.78 is 42.5. The second-order valence-electron chi connectivity index (χ2n) is 3.05. The van der Waals surface area contributed by atoms with Crippen molar-refractivity contribution >= 4 is 16.8 Å². The minimum absolute atomic E-state index is 0.0816. The van der Waals surface area contributed by atoms with Crippen LogP contribution in [0.2, 0.25) is 0 Å². The number of methoxy groups -OCH3 is 1. The summed E-state index contributed by atoms with van der Waals surface area (Å²) in [5.41, 5.74) is -1.06. The van der Waals surface area contributed by atoms with Crippen LogP contribution in [0.1, 0.15) is 11.1 Å². The predicted octanol–water partition coefficient (Wildman–Crippen LogP) is 3.02. The summed E-state index contributed by atoms with van der Waals surface area (Å²) in [6.45, 7) is 0. The molecule has 1 aromatic rings. The second-order valence-corrected chi connectivity index (χ2v) is 3.47. The number of carbonyl (C=O) groups is 1. The van der Waals surface area contributed by atoms with Crippen molar-refractivity contribution in [1.82, 2.24) is 0 Å². The largest absolute Gasteiger partial charge is 0.497 e. The molecule has 0 fully saturated rings. The number of carbonyl (C=O) groups excluding carboxylic acids is 1. The lowest BCUT2D eigenvalue weighted by molar-refractivity contribution is -0.138. The first-order valence-corrected chi connectivity index (χ1v) is 4.65. The van der Waals surface area contributed by atoms with Gasteiger partial charge in [0.25, 0.3) is 0 Å². The Bertz CT molecular complexity index is 402. The van der Waals surface area contributed by atoms with E-state index in [1.165, 1.54) is 19.2 Å². The zero-order valence-corrected chi connectivity index (χ0v) is 9.02. The first-order valence-electron chi connectivity index (χ1n) is 4.27. The van der Waals surface area contributed by atoms with E-state index >= 15 is 0 Å². The fourth-order valence-corrected chi connectivity index (χ4v) is 1.39. The Morgan fingerprint density at radius 2 is 2.06 bits per heavy atom. The van der Waals surface area contributed by atoms with E-state index in [1.807, 2.05) is 0 Å². The topological polar surface area (TPSA) is 26.3 Å². The maximum absolute atomic E-state index is 12.6. The molecule has 6 heteroatoms. The molecule has 0 aromatic heterocycles. The van der Waals surface area contributed by atoms with Gasteiger partial charge in [-0.05, 0) is 29.3 Å². The van der Waals surface area contributed by atoms with Gasteiger partial charge in [0.1, 0.15) is 5.75 Å². The van der Waals surface area contributed by atoms with Crippen LogP contribution < -0.4 is 4.74 Å². The summed E-state index contributed by atoms with van der Waals surface area (Å²) in [4.78, 5) is 10.6. The van der Waals surface area contributed by atoms with Crippen molar-refractivity contribution in [3.63, 3.8) is 0 Å². The number of alkyl halides is 3. The molecule has 0 aliphatic heterocycles. The van der Waals surface area contributed by atoms with Crippen LogP contribution in [0.15, 0.2) is 18.2 Å². The highest BCUT2D eigenvalue weighted by Crippen LogP contribution is 2.34. The number of halogens is 4. The lowest BCUT2D eigenvalue weighted by Crippen LogP contribution is -2.11. The van der Waals surface area contributed by atoms with Crippen LogP contribution >= 0.6 is 11.6 Å². The first-order chi connectivity index (χ1) is 7.34. The second kappa shape index (κ2) is 4.74. The maximum Gasteiger partial charge on any atom is 0.416 e. The molecule has 88 valence electrons. The number of ether oxygens (including phenoxy) is 1. The molecule has 0 heterocycles. The van der Waals surface area contributed by atoms with Crippen LogP contribution in [0.4, 0.5) is 13.2 Å². The molecule has 1 aromatic carbocycles. The highest BCUT2D eigenvalue weighted by atomic mass is 35.5. The molecule has 0 radical (unpaired) electrons. The molecule has 0 atom stereocenters. The van der Waals surface area contributed by atoms with Crippen molar-refractivity contribution in [3.05, 3.63) is 29.3 Å². The van der Waals surface area contributed by atoms with Crippen molar-refractivity contribution in [2.45, 2.75) is 12.6 Å². The van der Waals surface area contributed by atoms with Gasteiger partial charge >= 0.3 is 6.18 Å². The van der Waals surface area contributed by atoms with Crippen molar-refractivity contribution in [2.75, 3.05) is 7.11 Å². The van der Waals surface area contributed by atoms with E-state index in [-0.39, 0.29) is 11.3 Å². The summed E-state index contributed by atoms with van der Waals surface area (Å²) in [7, 11) is 1.27. The molecule has 0 bridgehead atoms. The van der Waals surface area contributed by atoms with Gasteiger partial charge < -0.3 is 4.74 Å². The Hall–Kier alpha value is -1.23. The molecule has 1 rings (SSSR count). The molecule has 0 saturated carbocycles. The van der Waals surface area contributed by atoms with Crippen LogP contribution in [0.25, 0.3) is 0 Å². The van der Waals surface area contributed by atoms with Gasteiger partial charge in [0.05, 0.1) is 12.7 Å². The van der Waals surface area contributed by atoms with Crippen LogP contribution in [-0.2, 0) is 17.4 Å². The van der Waals surface area contributed by atoms with Crippen LogP contribution in [-0.4, -0.2) is 12.4 Å². The van der Waals surface area contributed by atoms with Gasteiger partial charge in [-0.2, -0.15) is 13.2 Å². The zero-order chi connectivity index (χ0) is 12.3. The standard InChI is InChI=1S/C10H8ClF3O2/c1-16-7-3-2-6(4-9(11)15)8(5-7)10(12,13)14/h2-3,5H,4H2,1H3. The lowest BCUT2D eigenvalue weighted by atomic mass is 10.0. The van der Waals surface area contributed by atoms with Crippen molar-refractivity contribution in [1.29, 1.82) is 0 Å². The van der Waals surface area contributed by atoms with Gasteiger partial charge in [-0.15, -0.1) is 0 Å². The Balaban J connectivity index is 3.22. The molecule has 0 aliphatic rings. The molecule has 0 N–H and O–H groups in total. The summed E-state index contributed by atoms with van der Waals surface area (Å²) in [6.07, 6.45) is -4.99. The molecule has 0 spiro atoms. The zero-order valence-electron chi connectivity index (χ0n) is 8.27. The fraction of sp³-hybridized carbons (Fsp3) is 0.300. The summed E-state index contributed by atoms with van der Waals surface area (Å²) >= 11 is 5.07. The smallest absolute Gasteiger partial charge is 0.416 e. The van der Waals surface area contributed by atoms with E-state index < -0.39 is 23.4 Å². The SMILES string of the molecule is COc1ccc(CC(=O)Cl)c(C(F)(F)F)c1. The number of rotatable bonds is 3. The molecular weight excluding hydrogens is 245 g/mol. The van der Waals surface area contributed by atoms with Gasteiger partial charge in [0.15, 0.2) is 0 Å². The van der Waals surface area contributed by atoms with Crippen molar-refractivity contribution < 1.29 is 22.7 Å². The summed E-state index contributed by atoms with van der Waals surface area (Å²) in [5, 5.41) is -0.837. The van der Waals surface area contributed by atoms with E-state index in [9.17, 15) is 18.0 Å². The van der Waals surface area contributed by atoms with Crippen LogP contribution in [0.5, 0.6) is 5.75 Å². The van der Waals surface area contributed by atoms with Gasteiger partial charge in [0, 0.05) is 6.42 Å². The molecule has 2 nitrogen and oxygen atoms in total. The van der Waals surface area contributed by atoms with Crippen molar-refractivity contribution in [2.24, 2.45) is 0 Å². The number of hydrogen-bond donors (Lipinski definition) is 0. The van der Waals surface area contributed by atoms with Crippen molar-refractivity contribution in [3.8, 4) is 5.75 Å². The summed E-state index contributed by atoms with van der Waals surface area (Å²) in [5.74, 6) is 0.0816. The molecule has 16 heavy (non-hydrogen) atoms. The number of benzene rings is 1. The Kier molecular flexibility index (Phi) is 3.80. The molecule has 0 unspecified atom stereocenters. The van der Waals surface area contributed by atoms with E-state index in [2.05, 4.69) is 0 Å². The van der Waals surface area contributed by atoms with E-state index in [0.717, 1.165) is 6.07 Å². The average molecular weight is 253 g/mol. The maximum atomic E-state index is 12.6. The van der Waals surface area contributed by atoms with Gasteiger partial charge in [-0.3, -0.25) is 4.79 Å². The average Bonchev–Trinajstić information content (AvgIpc) is 2.15. The lowest BCUT2D eigenvalue weighted by Gasteiger charge is -2.12. The van der Waals surface area contributed by atoms with E-state index in [1.54, 1.807) is 0 Å². The molecule has 0 aliphatic carbocycles. The molecule has 0 saturated heterocycles. The normalized spacial score (nSPS) is 11.3. The highest BCUT2D eigenvalue weighted by molar-refractivity contribution is 6.63. The Morgan fingerprint density at radius 3 is 2.50 bits per heavy atom. The fourth-order valence-electron chi connectivity index (χ4n) is 1.25. The van der Waals surface area contributed by atoms with Crippen LogP contribution in [0, 0.1) is 0 Å². The quantitative estimate of drug-likeness (QED) is 0.773. The Labute approximate surface area is 95.0 Å². The minimum Gasteiger partial charge on any atom is -0.497 e. The minimum atomic E-state index is -4.53. The van der Waals surface area contributed by atoms with Gasteiger partial charge in [0.2, 0.25) is 5.24 Å². The van der Waals surface area contributed by atoms with E-state index in [0.29, 0.717) is 0 Å². The van der Waals surface area contributed by atoms with E-state index in [4.69, 9.17) is 16.3 Å². The molecular formula is C10H8ClF3O2. The number of hydrogen-bond acceptors (Lipinski definition) is 2. The third kappa shape index (κ3) is 3.13.